The average Bonchev–Trinajstić information content (AvgIpc) is 3.12. The summed E-state index contributed by atoms with van der Waals surface area (Å²) in [5.41, 5.74) is 2.30. The zero-order valence-electron chi connectivity index (χ0n) is 18.7. The van der Waals surface area contributed by atoms with Crippen molar-refractivity contribution < 1.29 is 13.9 Å². The maximum atomic E-state index is 14.7. The lowest BCUT2D eigenvalue weighted by molar-refractivity contribution is 0.102. The molecule has 1 aliphatic heterocycles. The van der Waals surface area contributed by atoms with Gasteiger partial charge in [0.05, 0.1) is 5.56 Å². The van der Waals surface area contributed by atoms with E-state index in [1.54, 1.807) is 24.3 Å². The Kier molecular flexibility index (Phi) is 6.33. The van der Waals surface area contributed by atoms with Crippen molar-refractivity contribution in [3.63, 3.8) is 0 Å². The molecular formula is C27H25FN4O2. The summed E-state index contributed by atoms with van der Waals surface area (Å²) in [4.78, 5) is 12.8. The zero-order valence-corrected chi connectivity index (χ0v) is 18.7. The van der Waals surface area contributed by atoms with Crippen LogP contribution in [0.3, 0.4) is 0 Å². The molecule has 0 radical (unpaired) electrons. The fraction of sp³-hybridized carbons (Fsp3) is 0.222. The van der Waals surface area contributed by atoms with Crippen LogP contribution < -0.4 is 10.1 Å². The van der Waals surface area contributed by atoms with E-state index in [1.165, 1.54) is 6.07 Å². The summed E-state index contributed by atoms with van der Waals surface area (Å²) in [7, 11) is 0. The van der Waals surface area contributed by atoms with Crippen LogP contribution in [-0.2, 0) is 19.6 Å². The molecule has 0 atom stereocenters. The smallest absolute Gasteiger partial charge is 0.255 e. The maximum absolute atomic E-state index is 14.7. The molecule has 0 unspecified atom stereocenters. The van der Waals surface area contributed by atoms with E-state index in [0.717, 1.165) is 49.4 Å². The molecule has 6 nitrogen and oxygen atoms in total. The number of aryl methyl sites for hydroxylation is 1. The number of anilines is 1. The Morgan fingerprint density at radius 2 is 1.79 bits per heavy atom. The van der Waals surface area contributed by atoms with Crippen LogP contribution in [0.4, 0.5) is 10.1 Å². The second-order valence-corrected chi connectivity index (χ2v) is 8.35. The number of aromatic nitrogens is 3. The lowest BCUT2D eigenvalue weighted by atomic mass is 10.1. The van der Waals surface area contributed by atoms with E-state index < -0.39 is 0 Å². The molecular weight excluding hydrogens is 431 g/mol. The van der Waals surface area contributed by atoms with Gasteiger partial charge in [-0.3, -0.25) is 4.79 Å². The highest BCUT2D eigenvalue weighted by Crippen LogP contribution is 2.27. The molecule has 34 heavy (non-hydrogen) atoms. The second kappa shape index (κ2) is 9.87. The Labute approximate surface area is 197 Å². The molecule has 5 rings (SSSR count). The van der Waals surface area contributed by atoms with Crippen molar-refractivity contribution in [2.75, 3.05) is 5.32 Å². The van der Waals surface area contributed by atoms with Crippen LogP contribution in [-0.4, -0.2) is 20.7 Å². The Balaban J connectivity index is 1.28. The van der Waals surface area contributed by atoms with Crippen molar-refractivity contribution in [3.05, 3.63) is 95.6 Å². The Hall–Kier alpha value is -4.00. The molecule has 1 amide bonds. The number of hydrogen-bond acceptors (Lipinski definition) is 4. The van der Waals surface area contributed by atoms with E-state index in [0.29, 0.717) is 29.2 Å². The first kappa shape index (κ1) is 21.8. The standard InChI is InChI=1S/C27H25FN4O2/c28-24-15-14-21(17-23(24)26-31-30-25-9-5-2-6-16-32(25)26)29-27(33)20-12-10-19(11-13-20)18-34-22-7-3-1-4-8-22/h1,3-4,7-8,10-15,17H,2,5-6,9,16,18H2,(H,29,33). The highest BCUT2D eigenvalue weighted by molar-refractivity contribution is 6.04. The quantitative estimate of drug-likeness (QED) is 0.408. The molecule has 0 saturated carbocycles. The lowest BCUT2D eigenvalue weighted by Gasteiger charge is -2.11. The van der Waals surface area contributed by atoms with Gasteiger partial charge in [0.25, 0.3) is 5.91 Å². The fourth-order valence-electron chi connectivity index (χ4n) is 4.10. The average molecular weight is 457 g/mol. The van der Waals surface area contributed by atoms with Crippen LogP contribution in [0.25, 0.3) is 11.4 Å². The third-order valence-corrected chi connectivity index (χ3v) is 5.94. The van der Waals surface area contributed by atoms with E-state index in [4.69, 9.17) is 4.74 Å². The van der Waals surface area contributed by atoms with E-state index >= 15 is 0 Å². The molecule has 0 aliphatic carbocycles. The first-order valence-electron chi connectivity index (χ1n) is 11.5. The normalized spacial score (nSPS) is 13.1. The van der Waals surface area contributed by atoms with Crippen molar-refractivity contribution >= 4 is 11.6 Å². The van der Waals surface area contributed by atoms with E-state index in [-0.39, 0.29) is 11.7 Å². The summed E-state index contributed by atoms with van der Waals surface area (Å²) >= 11 is 0. The third-order valence-electron chi connectivity index (χ3n) is 5.94. The minimum Gasteiger partial charge on any atom is -0.489 e. The van der Waals surface area contributed by atoms with Gasteiger partial charge >= 0.3 is 0 Å². The van der Waals surface area contributed by atoms with E-state index in [1.807, 2.05) is 47.0 Å². The molecule has 7 heteroatoms. The molecule has 0 bridgehead atoms. The lowest BCUT2D eigenvalue weighted by Crippen LogP contribution is -2.12. The number of nitrogens with zero attached hydrogens (tertiary/aromatic N) is 3. The molecule has 3 aromatic carbocycles. The summed E-state index contributed by atoms with van der Waals surface area (Å²) in [5.74, 6) is 1.53. The highest BCUT2D eigenvalue weighted by Gasteiger charge is 2.19. The fourth-order valence-corrected chi connectivity index (χ4v) is 4.10. The number of nitrogens with one attached hydrogen (secondary N) is 1. The molecule has 1 N–H and O–H groups in total. The Morgan fingerprint density at radius 3 is 2.62 bits per heavy atom. The number of hydrogen-bond donors (Lipinski definition) is 1. The van der Waals surface area contributed by atoms with Gasteiger partial charge in [-0.25, -0.2) is 4.39 Å². The number of carbonyl (C=O) groups is 1. The van der Waals surface area contributed by atoms with Crippen LogP contribution in [0.2, 0.25) is 0 Å². The van der Waals surface area contributed by atoms with Crippen LogP contribution >= 0.6 is 0 Å². The van der Waals surface area contributed by atoms with Gasteiger partial charge in [0, 0.05) is 24.2 Å². The van der Waals surface area contributed by atoms with Gasteiger partial charge in [0.1, 0.15) is 24.0 Å². The summed E-state index contributed by atoms with van der Waals surface area (Å²) < 4.78 is 22.4. The van der Waals surface area contributed by atoms with Crippen LogP contribution in [0.15, 0.2) is 72.8 Å². The summed E-state index contributed by atoms with van der Waals surface area (Å²) in [6, 6.07) is 21.3. The summed E-state index contributed by atoms with van der Waals surface area (Å²) in [6.07, 6.45) is 4.05. The largest absolute Gasteiger partial charge is 0.489 e. The SMILES string of the molecule is O=C(Nc1ccc(F)c(-c2nnc3n2CCCCC3)c1)c1ccc(COc2ccccc2)cc1. The molecule has 0 fully saturated rings. The Morgan fingerprint density at radius 1 is 0.971 bits per heavy atom. The number of fused-ring (bicyclic) bond motifs is 1. The number of amides is 1. The van der Waals surface area contributed by atoms with Crippen molar-refractivity contribution in [1.29, 1.82) is 0 Å². The number of rotatable bonds is 6. The molecule has 0 spiro atoms. The van der Waals surface area contributed by atoms with Crippen molar-refractivity contribution in [2.45, 2.75) is 38.8 Å². The van der Waals surface area contributed by atoms with Gasteiger partial charge in [-0.05, 0) is 60.9 Å². The van der Waals surface area contributed by atoms with Gasteiger partial charge in [0.15, 0.2) is 5.82 Å². The number of carbonyl (C=O) groups excluding carboxylic acids is 1. The summed E-state index contributed by atoms with van der Waals surface area (Å²) in [6.45, 7) is 1.18. The molecule has 1 aromatic heterocycles. The van der Waals surface area contributed by atoms with Crippen molar-refractivity contribution in [3.8, 4) is 17.1 Å². The minimum absolute atomic E-state index is 0.270. The van der Waals surface area contributed by atoms with Crippen LogP contribution in [0, 0.1) is 5.82 Å². The summed E-state index contributed by atoms with van der Waals surface area (Å²) in [5, 5.41) is 11.4. The minimum atomic E-state index is -0.389. The second-order valence-electron chi connectivity index (χ2n) is 8.35. The monoisotopic (exact) mass is 456 g/mol. The highest BCUT2D eigenvalue weighted by atomic mass is 19.1. The zero-order chi connectivity index (χ0) is 23.3. The van der Waals surface area contributed by atoms with Crippen LogP contribution in [0.5, 0.6) is 5.75 Å². The first-order valence-corrected chi connectivity index (χ1v) is 11.5. The van der Waals surface area contributed by atoms with Gasteiger partial charge in [-0.1, -0.05) is 36.8 Å². The molecule has 0 saturated heterocycles. The van der Waals surface area contributed by atoms with Crippen molar-refractivity contribution in [2.24, 2.45) is 0 Å². The number of halogens is 1. The van der Waals surface area contributed by atoms with E-state index in [9.17, 15) is 9.18 Å². The molecule has 2 heterocycles. The molecule has 4 aromatic rings. The number of ether oxygens (including phenoxy) is 1. The van der Waals surface area contributed by atoms with Gasteiger partial charge < -0.3 is 14.6 Å². The van der Waals surface area contributed by atoms with Gasteiger partial charge in [-0.2, -0.15) is 0 Å². The molecule has 1 aliphatic rings. The predicted molar refractivity (Wildman–Crippen MR) is 128 cm³/mol. The number of para-hydroxylation sites is 1. The Bertz CT molecular complexity index is 1290. The maximum Gasteiger partial charge on any atom is 0.255 e. The number of benzene rings is 3. The van der Waals surface area contributed by atoms with Gasteiger partial charge in [0.2, 0.25) is 0 Å². The van der Waals surface area contributed by atoms with Crippen molar-refractivity contribution in [1.82, 2.24) is 14.8 Å². The third kappa shape index (κ3) is 4.83. The predicted octanol–water partition coefficient (Wildman–Crippen LogP) is 5.64. The first-order chi connectivity index (χ1) is 16.7. The van der Waals surface area contributed by atoms with Gasteiger partial charge in [-0.15, -0.1) is 10.2 Å². The molecule has 172 valence electrons. The topological polar surface area (TPSA) is 69.0 Å². The van der Waals surface area contributed by atoms with E-state index in [2.05, 4.69) is 15.5 Å². The van der Waals surface area contributed by atoms with Crippen LogP contribution in [0.1, 0.15) is 41.0 Å².